The van der Waals surface area contributed by atoms with E-state index in [4.69, 9.17) is 25.5 Å². The molecule has 0 aliphatic carbocycles. The summed E-state index contributed by atoms with van der Waals surface area (Å²) >= 11 is 13.2. The lowest BCUT2D eigenvalue weighted by atomic mass is 10.2. The van der Waals surface area contributed by atoms with Crippen molar-refractivity contribution in [1.82, 2.24) is 5.43 Å². The molecule has 1 heterocycles. The second kappa shape index (κ2) is 9.85. The second-order valence-electron chi connectivity index (χ2n) is 6.49. The number of amides is 1. The van der Waals surface area contributed by atoms with Crippen LogP contribution in [0.5, 0.6) is 11.5 Å². The molecule has 30 heavy (non-hydrogen) atoms. The van der Waals surface area contributed by atoms with Gasteiger partial charge in [-0.2, -0.15) is 5.10 Å². The van der Waals surface area contributed by atoms with E-state index < -0.39 is 5.91 Å². The van der Waals surface area contributed by atoms with Crippen molar-refractivity contribution in [2.75, 3.05) is 7.11 Å². The van der Waals surface area contributed by atoms with E-state index in [-0.39, 0.29) is 11.9 Å². The predicted molar refractivity (Wildman–Crippen MR) is 125 cm³/mol. The predicted octanol–water partition coefficient (Wildman–Crippen LogP) is 6.56. The van der Waals surface area contributed by atoms with Crippen LogP contribution in [-0.4, -0.2) is 25.3 Å². The van der Waals surface area contributed by atoms with Crippen molar-refractivity contribution >= 4 is 66.6 Å². The molecule has 1 atom stereocenters. The molecule has 3 aromatic rings. The molecule has 1 N–H and O–H groups in total. The summed E-state index contributed by atoms with van der Waals surface area (Å²) in [5.74, 6) is 0.645. The van der Waals surface area contributed by atoms with E-state index in [1.807, 2.05) is 26.0 Å². The standard InChI is InChI=1S/C21H19Br2ClN2O4/c1-4-11(2)29-20-16(24)5-12(6-17(20)28-3)10-25-26-21(27)18-8-13-7-14(22)9-15(23)19(13)30-18/h5-11H,4H2,1-3H3,(H,26,27)/b25-10-/t11-/m1/s1. The zero-order valence-electron chi connectivity index (χ0n) is 16.5. The molecule has 0 saturated carbocycles. The molecule has 0 aliphatic rings. The second-order valence-corrected chi connectivity index (χ2v) is 8.66. The maximum atomic E-state index is 12.4. The highest BCUT2D eigenvalue weighted by atomic mass is 79.9. The van der Waals surface area contributed by atoms with Crippen LogP contribution in [0.1, 0.15) is 36.4 Å². The van der Waals surface area contributed by atoms with Gasteiger partial charge >= 0.3 is 5.91 Å². The Morgan fingerprint density at radius 3 is 2.77 bits per heavy atom. The topological polar surface area (TPSA) is 73.1 Å². The van der Waals surface area contributed by atoms with E-state index in [0.29, 0.717) is 27.7 Å². The molecule has 2 aromatic carbocycles. The van der Waals surface area contributed by atoms with Gasteiger partial charge in [0, 0.05) is 9.86 Å². The highest BCUT2D eigenvalue weighted by Crippen LogP contribution is 2.37. The number of hydrogen-bond acceptors (Lipinski definition) is 5. The zero-order valence-corrected chi connectivity index (χ0v) is 20.4. The molecule has 0 bridgehead atoms. The molecule has 0 spiro atoms. The fourth-order valence-corrected chi connectivity index (χ4v) is 4.22. The van der Waals surface area contributed by atoms with Gasteiger partial charge in [-0.15, -0.1) is 0 Å². The average Bonchev–Trinajstić information content (AvgIpc) is 3.14. The summed E-state index contributed by atoms with van der Waals surface area (Å²) < 4.78 is 18.5. The van der Waals surface area contributed by atoms with Crippen LogP contribution in [0.3, 0.4) is 0 Å². The third-order valence-electron chi connectivity index (χ3n) is 4.28. The number of carbonyl (C=O) groups excluding carboxylic acids is 1. The number of carbonyl (C=O) groups is 1. The van der Waals surface area contributed by atoms with Crippen molar-refractivity contribution in [2.45, 2.75) is 26.4 Å². The normalized spacial score (nSPS) is 12.3. The number of hydrazone groups is 1. The van der Waals surface area contributed by atoms with Crippen molar-refractivity contribution in [1.29, 1.82) is 0 Å². The molecule has 158 valence electrons. The lowest BCUT2D eigenvalue weighted by Crippen LogP contribution is -2.16. The van der Waals surface area contributed by atoms with Gasteiger partial charge < -0.3 is 13.9 Å². The molecule has 0 radical (unpaired) electrons. The van der Waals surface area contributed by atoms with Crippen LogP contribution >= 0.6 is 43.5 Å². The Labute approximate surface area is 195 Å². The lowest BCUT2D eigenvalue weighted by molar-refractivity contribution is 0.0929. The molecule has 0 aliphatic heterocycles. The van der Waals surface area contributed by atoms with E-state index in [9.17, 15) is 4.79 Å². The zero-order chi connectivity index (χ0) is 21.8. The molecular weight excluding hydrogens is 540 g/mol. The van der Waals surface area contributed by atoms with E-state index >= 15 is 0 Å². The van der Waals surface area contributed by atoms with E-state index in [1.54, 1.807) is 18.2 Å². The first-order valence-electron chi connectivity index (χ1n) is 9.08. The third kappa shape index (κ3) is 5.17. The molecule has 3 rings (SSSR count). The maximum absolute atomic E-state index is 12.4. The fraction of sp³-hybridized carbons (Fsp3) is 0.238. The Hall–Kier alpha value is -2.03. The average molecular weight is 559 g/mol. The van der Waals surface area contributed by atoms with Gasteiger partial charge in [-0.25, -0.2) is 5.43 Å². The summed E-state index contributed by atoms with van der Waals surface area (Å²) in [6.07, 6.45) is 2.30. The van der Waals surface area contributed by atoms with Crippen LogP contribution in [-0.2, 0) is 0 Å². The minimum absolute atomic E-state index is 0.000301. The number of halogens is 3. The maximum Gasteiger partial charge on any atom is 0.307 e. The SMILES string of the molecule is CC[C@@H](C)Oc1c(Cl)cc(/C=N\NC(=O)c2cc3cc(Br)cc(Br)c3o2)cc1OC. The summed E-state index contributed by atoms with van der Waals surface area (Å²) in [6, 6.07) is 8.78. The minimum atomic E-state index is -0.472. The number of ether oxygens (including phenoxy) is 2. The first kappa shape index (κ1) is 22.7. The van der Waals surface area contributed by atoms with E-state index in [2.05, 4.69) is 42.4 Å². The summed E-state index contributed by atoms with van der Waals surface area (Å²) in [5.41, 5.74) is 3.68. The van der Waals surface area contributed by atoms with E-state index in [1.165, 1.54) is 13.3 Å². The molecule has 1 amide bonds. The summed E-state index contributed by atoms with van der Waals surface area (Å²) in [6.45, 7) is 3.98. The van der Waals surface area contributed by atoms with Crippen LogP contribution in [0, 0.1) is 0 Å². The lowest BCUT2D eigenvalue weighted by Gasteiger charge is -2.17. The first-order valence-corrected chi connectivity index (χ1v) is 11.0. The minimum Gasteiger partial charge on any atom is -0.493 e. The number of hydrogen-bond donors (Lipinski definition) is 1. The van der Waals surface area contributed by atoms with Gasteiger partial charge in [0.25, 0.3) is 0 Å². The summed E-state index contributed by atoms with van der Waals surface area (Å²) in [7, 11) is 1.54. The Bertz CT molecular complexity index is 1110. The number of benzene rings is 2. The van der Waals surface area contributed by atoms with Gasteiger partial charge in [-0.05, 0) is 65.2 Å². The number of nitrogens with one attached hydrogen (secondary N) is 1. The molecule has 6 nitrogen and oxygen atoms in total. The van der Waals surface area contributed by atoms with Crippen molar-refractivity contribution in [3.63, 3.8) is 0 Å². The van der Waals surface area contributed by atoms with Crippen LogP contribution in [0.25, 0.3) is 11.0 Å². The quantitative estimate of drug-likeness (QED) is 0.263. The van der Waals surface area contributed by atoms with Gasteiger partial charge in [-0.1, -0.05) is 34.5 Å². The van der Waals surface area contributed by atoms with Gasteiger partial charge in [-0.3, -0.25) is 4.79 Å². The fourth-order valence-electron chi connectivity index (χ4n) is 2.62. The number of furan rings is 1. The van der Waals surface area contributed by atoms with Crippen molar-refractivity contribution in [2.24, 2.45) is 5.10 Å². The number of nitrogens with zero attached hydrogens (tertiary/aromatic N) is 1. The first-order chi connectivity index (χ1) is 14.3. The van der Waals surface area contributed by atoms with Crippen LogP contribution in [0.15, 0.2) is 48.8 Å². The monoisotopic (exact) mass is 556 g/mol. The van der Waals surface area contributed by atoms with Crippen LogP contribution in [0.2, 0.25) is 5.02 Å². The number of rotatable bonds is 7. The van der Waals surface area contributed by atoms with Crippen LogP contribution < -0.4 is 14.9 Å². The number of methoxy groups -OCH3 is 1. The highest BCUT2D eigenvalue weighted by Gasteiger charge is 2.15. The molecule has 1 aromatic heterocycles. The number of fused-ring (bicyclic) bond motifs is 1. The molecular formula is C21H19Br2ClN2O4. The highest BCUT2D eigenvalue weighted by molar-refractivity contribution is 9.11. The van der Waals surface area contributed by atoms with Crippen LogP contribution in [0.4, 0.5) is 0 Å². The van der Waals surface area contributed by atoms with Crippen molar-refractivity contribution in [3.8, 4) is 11.5 Å². The smallest absolute Gasteiger partial charge is 0.307 e. The Balaban J connectivity index is 1.75. The van der Waals surface area contributed by atoms with Gasteiger partial charge in [0.05, 0.1) is 28.9 Å². The van der Waals surface area contributed by atoms with Gasteiger partial charge in [0.15, 0.2) is 17.3 Å². The van der Waals surface area contributed by atoms with Gasteiger partial charge in [0.1, 0.15) is 5.58 Å². The van der Waals surface area contributed by atoms with Crippen molar-refractivity contribution < 1.29 is 18.7 Å². The largest absolute Gasteiger partial charge is 0.493 e. The van der Waals surface area contributed by atoms with Crippen molar-refractivity contribution in [3.05, 3.63) is 55.6 Å². The molecule has 0 saturated heterocycles. The Morgan fingerprint density at radius 1 is 1.30 bits per heavy atom. The molecule has 0 unspecified atom stereocenters. The van der Waals surface area contributed by atoms with Gasteiger partial charge in [0.2, 0.25) is 0 Å². The van der Waals surface area contributed by atoms with E-state index in [0.717, 1.165) is 20.8 Å². The Kier molecular flexibility index (Phi) is 7.44. The summed E-state index contributed by atoms with van der Waals surface area (Å²) in [5, 5.41) is 5.18. The molecule has 0 fully saturated rings. The summed E-state index contributed by atoms with van der Waals surface area (Å²) in [4.78, 5) is 12.4. The Morgan fingerprint density at radius 2 is 2.07 bits per heavy atom. The third-order valence-corrected chi connectivity index (χ3v) is 5.61. The molecule has 9 heteroatoms.